The summed E-state index contributed by atoms with van der Waals surface area (Å²) in [7, 11) is 0. The SMILES string of the molecule is C[CH]C(Cl)CC(Cl)CC. The molecule has 0 aliphatic rings. The van der Waals surface area contributed by atoms with Crippen LogP contribution in [0.4, 0.5) is 0 Å². The van der Waals surface area contributed by atoms with Crippen molar-refractivity contribution in [2.24, 2.45) is 0 Å². The maximum Gasteiger partial charge on any atom is 0.0378 e. The minimum Gasteiger partial charge on any atom is -0.123 e. The predicted molar refractivity (Wildman–Crippen MR) is 44.2 cm³/mol. The molecule has 0 spiro atoms. The highest BCUT2D eigenvalue weighted by atomic mass is 35.5. The lowest BCUT2D eigenvalue weighted by Crippen LogP contribution is -2.06. The molecule has 0 amide bonds. The fourth-order valence-electron chi connectivity index (χ4n) is 0.547. The molecule has 0 saturated carbocycles. The van der Waals surface area contributed by atoms with Gasteiger partial charge in [0.05, 0.1) is 0 Å². The molecular weight excluding hydrogens is 155 g/mol. The van der Waals surface area contributed by atoms with Gasteiger partial charge >= 0.3 is 0 Å². The third-order valence-electron chi connectivity index (χ3n) is 1.29. The zero-order valence-corrected chi connectivity index (χ0v) is 7.41. The van der Waals surface area contributed by atoms with Crippen molar-refractivity contribution < 1.29 is 0 Å². The molecule has 0 N–H and O–H groups in total. The molecule has 9 heavy (non-hydrogen) atoms. The van der Waals surface area contributed by atoms with E-state index in [9.17, 15) is 0 Å². The van der Waals surface area contributed by atoms with Gasteiger partial charge in [0.2, 0.25) is 0 Å². The number of alkyl halides is 2. The molecule has 0 aromatic carbocycles. The standard InChI is InChI=1S/C7H13Cl2/c1-3-6(8)5-7(9)4-2/h3,6-7H,4-5H2,1-2H3. The van der Waals surface area contributed by atoms with E-state index >= 15 is 0 Å². The molecule has 0 heterocycles. The molecule has 0 fully saturated rings. The molecule has 2 heteroatoms. The maximum atomic E-state index is 5.83. The van der Waals surface area contributed by atoms with Gasteiger partial charge in [-0.2, -0.15) is 0 Å². The van der Waals surface area contributed by atoms with Gasteiger partial charge in [-0.3, -0.25) is 0 Å². The molecule has 1 radical (unpaired) electrons. The Balaban J connectivity index is 3.22. The van der Waals surface area contributed by atoms with Crippen molar-refractivity contribution in [3.8, 4) is 0 Å². The van der Waals surface area contributed by atoms with E-state index in [1.165, 1.54) is 0 Å². The Kier molecular flexibility index (Phi) is 5.72. The largest absolute Gasteiger partial charge is 0.123 e. The van der Waals surface area contributed by atoms with Gasteiger partial charge in [-0.1, -0.05) is 13.8 Å². The lowest BCUT2D eigenvalue weighted by atomic mass is 10.1. The van der Waals surface area contributed by atoms with E-state index in [0.717, 1.165) is 12.8 Å². The van der Waals surface area contributed by atoms with Crippen molar-refractivity contribution >= 4 is 23.2 Å². The number of hydrogen-bond donors (Lipinski definition) is 0. The van der Waals surface area contributed by atoms with E-state index in [1.54, 1.807) is 0 Å². The molecule has 0 rings (SSSR count). The van der Waals surface area contributed by atoms with Crippen molar-refractivity contribution in [1.82, 2.24) is 0 Å². The summed E-state index contributed by atoms with van der Waals surface area (Å²) >= 11 is 11.6. The summed E-state index contributed by atoms with van der Waals surface area (Å²) < 4.78 is 0. The van der Waals surface area contributed by atoms with Gasteiger partial charge in [0.25, 0.3) is 0 Å². The van der Waals surface area contributed by atoms with Gasteiger partial charge in [-0.15, -0.1) is 23.2 Å². The third-order valence-corrected chi connectivity index (χ3v) is 2.20. The van der Waals surface area contributed by atoms with Crippen molar-refractivity contribution in [3.05, 3.63) is 6.42 Å². The van der Waals surface area contributed by atoms with E-state index in [0.29, 0.717) is 0 Å². The van der Waals surface area contributed by atoms with E-state index in [2.05, 4.69) is 6.92 Å². The number of halogens is 2. The van der Waals surface area contributed by atoms with Crippen LogP contribution < -0.4 is 0 Å². The van der Waals surface area contributed by atoms with Gasteiger partial charge in [0, 0.05) is 10.8 Å². The molecule has 2 unspecified atom stereocenters. The zero-order chi connectivity index (χ0) is 7.28. The average Bonchev–Trinajstić information content (AvgIpc) is 1.87. The number of rotatable bonds is 4. The van der Waals surface area contributed by atoms with E-state index in [4.69, 9.17) is 23.2 Å². The first-order chi connectivity index (χ1) is 4.20. The normalized spacial score (nSPS) is 17.3. The first kappa shape index (κ1) is 9.58. The molecule has 0 bridgehead atoms. The van der Waals surface area contributed by atoms with Crippen LogP contribution in [0.25, 0.3) is 0 Å². The molecule has 55 valence electrons. The quantitative estimate of drug-likeness (QED) is 0.565. The number of hydrogen-bond acceptors (Lipinski definition) is 0. The van der Waals surface area contributed by atoms with Gasteiger partial charge in [-0.25, -0.2) is 0 Å². The fraction of sp³-hybridized carbons (Fsp3) is 0.857. The Bertz CT molecular complexity index is 55.9. The first-order valence-electron chi connectivity index (χ1n) is 3.28. The van der Waals surface area contributed by atoms with Crippen LogP contribution in [0.3, 0.4) is 0 Å². The predicted octanol–water partition coefficient (Wildman–Crippen LogP) is 3.23. The zero-order valence-electron chi connectivity index (χ0n) is 5.90. The Labute approximate surface area is 67.5 Å². The molecule has 0 nitrogen and oxygen atoms in total. The van der Waals surface area contributed by atoms with Gasteiger partial charge < -0.3 is 0 Å². The van der Waals surface area contributed by atoms with E-state index in [-0.39, 0.29) is 10.8 Å². The molecule has 0 saturated heterocycles. The van der Waals surface area contributed by atoms with Crippen LogP contribution in [0, 0.1) is 6.42 Å². The second-order valence-electron chi connectivity index (χ2n) is 2.09. The van der Waals surface area contributed by atoms with Gasteiger partial charge in [-0.05, 0) is 19.3 Å². The second-order valence-corrected chi connectivity index (χ2v) is 3.27. The van der Waals surface area contributed by atoms with Gasteiger partial charge in [0.15, 0.2) is 0 Å². The Morgan fingerprint density at radius 2 is 2.00 bits per heavy atom. The minimum atomic E-state index is 0.146. The summed E-state index contributed by atoms with van der Waals surface area (Å²) in [4.78, 5) is 0. The summed E-state index contributed by atoms with van der Waals surface area (Å²) in [5.74, 6) is 0. The highest BCUT2D eigenvalue weighted by Crippen LogP contribution is 2.15. The molecule has 0 aliphatic heterocycles. The highest BCUT2D eigenvalue weighted by Gasteiger charge is 2.07. The van der Waals surface area contributed by atoms with Crippen LogP contribution >= 0.6 is 23.2 Å². The Morgan fingerprint density at radius 1 is 1.44 bits per heavy atom. The van der Waals surface area contributed by atoms with Crippen LogP contribution in [0.1, 0.15) is 26.7 Å². The monoisotopic (exact) mass is 167 g/mol. The first-order valence-corrected chi connectivity index (χ1v) is 4.15. The van der Waals surface area contributed by atoms with Crippen molar-refractivity contribution in [1.29, 1.82) is 0 Å². The molecule has 2 atom stereocenters. The van der Waals surface area contributed by atoms with Crippen molar-refractivity contribution in [3.63, 3.8) is 0 Å². The maximum absolute atomic E-state index is 5.83. The van der Waals surface area contributed by atoms with Crippen LogP contribution in [0.15, 0.2) is 0 Å². The van der Waals surface area contributed by atoms with Crippen molar-refractivity contribution in [2.75, 3.05) is 0 Å². The smallest absolute Gasteiger partial charge is 0.0378 e. The fourth-order valence-corrected chi connectivity index (χ4v) is 1.05. The summed E-state index contributed by atoms with van der Waals surface area (Å²) in [6.07, 6.45) is 3.85. The third kappa shape index (κ3) is 5.05. The van der Waals surface area contributed by atoms with Crippen LogP contribution in [0.2, 0.25) is 0 Å². The molecule has 0 aromatic rings. The summed E-state index contributed by atoms with van der Waals surface area (Å²) in [5, 5.41) is 0.385. The van der Waals surface area contributed by atoms with Crippen molar-refractivity contribution in [2.45, 2.75) is 37.4 Å². The summed E-state index contributed by atoms with van der Waals surface area (Å²) in [5.41, 5.74) is 0. The molecule has 0 aromatic heterocycles. The minimum absolute atomic E-state index is 0.146. The van der Waals surface area contributed by atoms with E-state index in [1.807, 2.05) is 13.3 Å². The Morgan fingerprint density at radius 3 is 2.33 bits per heavy atom. The van der Waals surface area contributed by atoms with Crippen LogP contribution in [-0.4, -0.2) is 10.8 Å². The summed E-state index contributed by atoms with van der Waals surface area (Å²) in [6.45, 7) is 4.02. The summed E-state index contributed by atoms with van der Waals surface area (Å²) in [6, 6.07) is 0. The lowest BCUT2D eigenvalue weighted by molar-refractivity contribution is 0.725. The molecule has 0 aliphatic carbocycles. The average molecular weight is 168 g/mol. The molecular formula is C7H13Cl2. The van der Waals surface area contributed by atoms with E-state index < -0.39 is 0 Å². The lowest BCUT2D eigenvalue weighted by Gasteiger charge is -2.08. The topological polar surface area (TPSA) is 0 Å². The second kappa shape index (κ2) is 5.37. The van der Waals surface area contributed by atoms with Gasteiger partial charge in [0.1, 0.15) is 0 Å². The Hall–Kier alpha value is 0.580. The van der Waals surface area contributed by atoms with Crippen LogP contribution in [0.5, 0.6) is 0 Å². The van der Waals surface area contributed by atoms with Crippen LogP contribution in [-0.2, 0) is 0 Å². The highest BCUT2D eigenvalue weighted by molar-refractivity contribution is 6.24.